The van der Waals surface area contributed by atoms with Crippen LogP contribution in [-0.2, 0) is 26.2 Å². The fourth-order valence-electron chi connectivity index (χ4n) is 4.97. The maximum atomic E-state index is 14.4. The first-order chi connectivity index (χ1) is 15.6. The van der Waals surface area contributed by atoms with E-state index in [1.165, 1.54) is 22.3 Å². The second kappa shape index (κ2) is 12.8. The van der Waals surface area contributed by atoms with E-state index in [9.17, 15) is 4.46 Å². The number of fused-ring (bicyclic) bond motifs is 1. The molecule has 1 unspecified atom stereocenters. The first kappa shape index (κ1) is 32.5. The second-order valence-corrected chi connectivity index (χ2v) is 12.8. The van der Waals surface area contributed by atoms with Crippen molar-refractivity contribution in [3.63, 3.8) is 0 Å². The summed E-state index contributed by atoms with van der Waals surface area (Å²) in [5.74, 6) is 0.142. The van der Waals surface area contributed by atoms with E-state index in [1.807, 2.05) is 24.3 Å². The average Bonchev–Trinajstić information content (AvgIpc) is 3.09. The van der Waals surface area contributed by atoms with E-state index in [1.54, 1.807) is 0 Å². The van der Waals surface area contributed by atoms with Crippen LogP contribution < -0.4 is 34.6 Å². The Hall–Kier alpha value is -1.49. The van der Waals surface area contributed by atoms with Crippen molar-refractivity contribution in [2.24, 2.45) is 5.41 Å². The van der Waals surface area contributed by atoms with E-state index in [0.717, 1.165) is 17.3 Å². The van der Waals surface area contributed by atoms with Gasteiger partial charge >= 0.3 is 30.6 Å². The van der Waals surface area contributed by atoms with Crippen LogP contribution in [0.4, 0.5) is 5.69 Å². The molecule has 0 fully saturated rings. The average molecular weight is 572 g/mol. The summed E-state index contributed by atoms with van der Waals surface area (Å²) in [5, 5.41) is 0.961. The number of benzene rings is 3. The molecule has 186 valence electrons. The molecule has 0 radical (unpaired) electrons. The zero-order valence-corrected chi connectivity index (χ0v) is 26.1. The topological polar surface area (TPSA) is 20.3 Å². The van der Waals surface area contributed by atoms with Crippen LogP contribution in [0.15, 0.2) is 84.4 Å². The van der Waals surface area contributed by atoms with Crippen molar-refractivity contribution in [1.82, 2.24) is 0 Å². The van der Waals surface area contributed by atoms with Gasteiger partial charge in [-0.3, -0.25) is 0 Å². The molecule has 0 amide bonds. The smallest absolute Gasteiger partial charge is 1.00 e. The van der Waals surface area contributed by atoms with Gasteiger partial charge < -0.3 is 33.8 Å². The van der Waals surface area contributed by atoms with Crippen LogP contribution in [0.5, 0.6) is 0 Å². The van der Waals surface area contributed by atoms with Gasteiger partial charge in [-0.2, -0.15) is 0 Å². The number of hydrogen-bond donors (Lipinski definition) is 0. The van der Waals surface area contributed by atoms with Gasteiger partial charge in [0.25, 0.3) is 0 Å². The summed E-state index contributed by atoms with van der Waals surface area (Å²) in [6, 6.07) is 27.2. The van der Waals surface area contributed by atoms with Crippen molar-refractivity contribution in [3.8, 4) is 0 Å². The summed E-state index contributed by atoms with van der Waals surface area (Å²) >= 11 is 0. The van der Waals surface area contributed by atoms with Gasteiger partial charge in [-0.15, -0.1) is 0 Å². The Balaban J connectivity index is 0.00000216. The zero-order valence-electron chi connectivity index (χ0n) is 22.0. The zero-order chi connectivity index (χ0) is 23.8. The minimum Gasteiger partial charge on any atom is -1.00 e. The number of hydrogen-bond acceptors (Lipinski definition) is 1. The van der Waals surface area contributed by atoms with E-state index >= 15 is 0 Å². The number of anilines is 1. The van der Waals surface area contributed by atoms with Crippen LogP contribution in [0.2, 0.25) is 0 Å². The molecule has 0 aliphatic heterocycles. The molecule has 0 spiro atoms. The van der Waals surface area contributed by atoms with Gasteiger partial charge in [0, 0.05) is 22.3 Å². The Bertz CT molecular complexity index is 1200. The van der Waals surface area contributed by atoms with Gasteiger partial charge in [-0.25, -0.2) is 0 Å². The summed E-state index contributed by atoms with van der Waals surface area (Å²) in [5.41, 5.74) is 6.09. The molecule has 0 N–H and O–H groups in total. The van der Waals surface area contributed by atoms with Gasteiger partial charge in [0.05, 0.1) is 0 Å². The Morgan fingerprint density at radius 3 is 1.86 bits per heavy atom. The molecule has 1 atom stereocenters. The molecule has 0 saturated carbocycles. The number of nitrogens with zero attached hydrogens (tertiary/aromatic N) is 1. The third-order valence-corrected chi connectivity index (χ3v) is 8.40. The predicted molar refractivity (Wildman–Crippen MR) is 142 cm³/mol. The maximum Gasteiger partial charge on any atom is 4.00 e. The molecular formula is C30H35Cl2NOSiTi+2. The first-order valence-corrected chi connectivity index (χ1v) is 13.2. The number of rotatable bonds is 5. The SMILES string of the molecule is CC(C)(C)CC1=Cc2ccccc2C1c1ccccc1[Si](=O)N(c1ccccc1)C(C)(C)C.[Cl-].[Cl-].[Ti+4]. The first-order valence-electron chi connectivity index (χ1n) is 11.8. The molecule has 1 aliphatic rings. The summed E-state index contributed by atoms with van der Waals surface area (Å²) in [7, 11) is -2.29. The van der Waals surface area contributed by atoms with Crippen LogP contribution in [0, 0.1) is 5.41 Å². The van der Waals surface area contributed by atoms with Crippen molar-refractivity contribution in [1.29, 1.82) is 0 Å². The largest absolute Gasteiger partial charge is 4.00 e. The molecule has 1 aliphatic carbocycles. The molecule has 4 rings (SSSR count). The van der Waals surface area contributed by atoms with Crippen LogP contribution in [0.3, 0.4) is 0 Å². The monoisotopic (exact) mass is 571 g/mol. The van der Waals surface area contributed by atoms with E-state index in [-0.39, 0.29) is 63.4 Å². The molecule has 36 heavy (non-hydrogen) atoms. The predicted octanol–water partition coefficient (Wildman–Crippen LogP) is 1.09. The summed E-state index contributed by atoms with van der Waals surface area (Å²) < 4.78 is 16.5. The molecule has 6 heteroatoms. The van der Waals surface area contributed by atoms with Gasteiger partial charge in [-0.1, -0.05) is 99.2 Å². The number of halogens is 2. The van der Waals surface area contributed by atoms with E-state index in [0.29, 0.717) is 0 Å². The maximum absolute atomic E-state index is 14.4. The van der Waals surface area contributed by atoms with Crippen molar-refractivity contribution in [2.75, 3.05) is 4.57 Å². The van der Waals surface area contributed by atoms with E-state index in [2.05, 4.69) is 107 Å². The van der Waals surface area contributed by atoms with Crippen LogP contribution in [0.1, 0.15) is 70.6 Å². The molecule has 3 aromatic carbocycles. The third kappa shape index (κ3) is 7.08. The van der Waals surface area contributed by atoms with Crippen LogP contribution in [-0.4, -0.2) is 14.4 Å². The van der Waals surface area contributed by atoms with Crippen molar-refractivity contribution in [3.05, 3.63) is 101 Å². The quantitative estimate of drug-likeness (QED) is 0.427. The van der Waals surface area contributed by atoms with E-state index in [4.69, 9.17) is 0 Å². The summed E-state index contributed by atoms with van der Waals surface area (Å²) in [4.78, 5) is 0. The van der Waals surface area contributed by atoms with Crippen molar-refractivity contribution in [2.45, 2.75) is 59.4 Å². The normalized spacial score (nSPS) is 14.4. The van der Waals surface area contributed by atoms with Gasteiger partial charge in [0.2, 0.25) is 0 Å². The Morgan fingerprint density at radius 2 is 1.28 bits per heavy atom. The van der Waals surface area contributed by atoms with Crippen molar-refractivity contribution >= 4 is 25.8 Å². The summed E-state index contributed by atoms with van der Waals surface area (Å²) in [6.45, 7) is 13.3. The minimum absolute atomic E-state index is 0. The van der Waals surface area contributed by atoms with Crippen LogP contribution in [0.25, 0.3) is 6.08 Å². The molecular weight excluding hydrogens is 537 g/mol. The Kier molecular flexibility index (Phi) is 11.6. The molecule has 0 saturated heterocycles. The molecule has 2 nitrogen and oxygen atoms in total. The van der Waals surface area contributed by atoms with Gasteiger partial charge in [0.15, 0.2) is 0 Å². The molecule has 0 heterocycles. The third-order valence-electron chi connectivity index (χ3n) is 6.14. The number of para-hydroxylation sites is 1. The Labute approximate surface area is 246 Å². The summed E-state index contributed by atoms with van der Waals surface area (Å²) in [6.07, 6.45) is 3.36. The van der Waals surface area contributed by atoms with Gasteiger partial charge in [-0.05, 0) is 61.4 Å². The minimum atomic E-state index is -2.29. The Morgan fingerprint density at radius 1 is 0.750 bits per heavy atom. The fraction of sp³-hybridized carbons (Fsp3) is 0.333. The van der Waals surface area contributed by atoms with Gasteiger partial charge in [0.1, 0.15) is 0 Å². The second-order valence-electron chi connectivity index (χ2n) is 11.3. The molecule has 0 aromatic heterocycles. The fourth-order valence-corrected chi connectivity index (χ4v) is 6.92. The van der Waals surface area contributed by atoms with E-state index < -0.39 is 8.84 Å². The molecule has 0 bridgehead atoms. The van der Waals surface area contributed by atoms with Crippen molar-refractivity contribution < 1.29 is 51.0 Å². The standard InChI is InChI=1S/C30H35NOSi.2ClH.Ti/c1-29(2,3)21-23-20-22-14-10-11-17-25(22)28(23)26-18-12-13-19-27(26)33(32)31(30(4,5)6)24-15-8-7-9-16-24;;;/h7-20,28H,21H2,1-6H3;2*1H;/q;;;+4/p-2. The number of allylic oxidation sites excluding steroid dienone is 1. The van der Waals surface area contributed by atoms with Crippen LogP contribution >= 0.6 is 0 Å². The molecule has 3 aromatic rings.